The maximum atomic E-state index is 13.5. The zero-order valence-corrected chi connectivity index (χ0v) is 21.3. The summed E-state index contributed by atoms with van der Waals surface area (Å²) in [4.78, 5) is 44.3. The molecule has 0 unspecified atom stereocenters. The molecule has 192 valence electrons. The molecule has 5 rings (SSSR count). The zero-order chi connectivity index (χ0) is 24.4. The molecule has 1 aromatic heterocycles. The van der Waals surface area contributed by atoms with Crippen molar-refractivity contribution in [3.8, 4) is 0 Å². The van der Waals surface area contributed by atoms with Crippen LogP contribution < -0.4 is 10.7 Å². The van der Waals surface area contributed by atoms with Gasteiger partial charge in [0.1, 0.15) is 11.1 Å². The molecule has 2 aliphatic carbocycles. The molecule has 0 radical (unpaired) electrons. The van der Waals surface area contributed by atoms with Gasteiger partial charge in [-0.1, -0.05) is 19.3 Å². The third kappa shape index (κ3) is 5.65. The fourth-order valence-electron chi connectivity index (χ4n) is 6.42. The number of nitrogens with one attached hydrogen (secondary N) is 1. The molecule has 2 saturated heterocycles. The minimum atomic E-state index is -0.416. The molecule has 4 aliphatic rings. The van der Waals surface area contributed by atoms with E-state index in [1.807, 2.05) is 9.47 Å². The summed E-state index contributed by atoms with van der Waals surface area (Å²) in [5.41, 5.74) is -0.134. The minimum Gasteiger partial charge on any atom is -0.352 e. The summed E-state index contributed by atoms with van der Waals surface area (Å²) in [5.74, 6) is 0.547. The number of rotatable bonds is 7. The number of carbonyl (C=O) groups excluding carboxylic acids is 2. The van der Waals surface area contributed by atoms with E-state index >= 15 is 0 Å². The lowest BCUT2D eigenvalue weighted by molar-refractivity contribution is 0.0622. The van der Waals surface area contributed by atoms with Crippen LogP contribution in [0.2, 0.25) is 0 Å². The molecule has 2 amide bonds. The summed E-state index contributed by atoms with van der Waals surface area (Å²) in [7, 11) is 0. The molecular weight excluding hydrogens is 440 g/mol. The van der Waals surface area contributed by atoms with Crippen LogP contribution in [0.4, 0.5) is 0 Å². The van der Waals surface area contributed by atoms with E-state index < -0.39 is 5.43 Å². The Morgan fingerprint density at radius 3 is 2.20 bits per heavy atom. The van der Waals surface area contributed by atoms with Gasteiger partial charge in [-0.2, -0.15) is 0 Å². The molecule has 2 aliphatic heterocycles. The molecule has 3 heterocycles. The van der Waals surface area contributed by atoms with Crippen molar-refractivity contribution in [1.82, 2.24) is 19.7 Å². The van der Waals surface area contributed by atoms with Gasteiger partial charge in [-0.25, -0.2) is 0 Å². The Kier molecular flexibility index (Phi) is 7.61. The first-order valence-corrected chi connectivity index (χ1v) is 14.1. The fourth-order valence-corrected chi connectivity index (χ4v) is 6.42. The first kappa shape index (κ1) is 24.5. The van der Waals surface area contributed by atoms with E-state index in [9.17, 15) is 14.4 Å². The highest BCUT2D eigenvalue weighted by atomic mass is 16.2. The van der Waals surface area contributed by atoms with Gasteiger partial charge in [-0.05, 0) is 83.2 Å². The lowest BCUT2D eigenvalue weighted by atomic mass is 9.89. The number of piperidine rings is 1. The molecule has 2 saturated carbocycles. The second-order valence-corrected chi connectivity index (χ2v) is 11.4. The van der Waals surface area contributed by atoms with Crippen LogP contribution >= 0.6 is 0 Å². The van der Waals surface area contributed by atoms with E-state index in [-0.39, 0.29) is 22.9 Å². The second kappa shape index (κ2) is 10.9. The Morgan fingerprint density at radius 2 is 1.54 bits per heavy atom. The van der Waals surface area contributed by atoms with Gasteiger partial charge in [0.2, 0.25) is 5.43 Å². The topological polar surface area (TPSA) is 74.6 Å². The van der Waals surface area contributed by atoms with E-state index in [2.05, 4.69) is 17.1 Å². The van der Waals surface area contributed by atoms with Gasteiger partial charge in [-0.15, -0.1) is 0 Å². The van der Waals surface area contributed by atoms with Gasteiger partial charge in [-0.3, -0.25) is 14.4 Å². The van der Waals surface area contributed by atoms with Crippen molar-refractivity contribution in [3.63, 3.8) is 0 Å². The Hall–Kier alpha value is -2.15. The fraction of sp³-hybridized carbons (Fsp3) is 0.750. The summed E-state index contributed by atoms with van der Waals surface area (Å²) in [6.45, 7) is 6.69. The van der Waals surface area contributed by atoms with Crippen molar-refractivity contribution in [2.24, 2.45) is 11.8 Å². The number of aromatic nitrogens is 1. The second-order valence-electron chi connectivity index (χ2n) is 11.4. The molecule has 7 nitrogen and oxygen atoms in total. The number of hydrogen-bond acceptors (Lipinski definition) is 4. The number of nitrogens with zero attached hydrogens (tertiary/aromatic N) is 3. The van der Waals surface area contributed by atoms with Crippen LogP contribution in [0.5, 0.6) is 0 Å². The van der Waals surface area contributed by atoms with Crippen molar-refractivity contribution in [2.75, 3.05) is 32.7 Å². The molecule has 1 atom stereocenters. The Balaban J connectivity index is 1.27. The SMILES string of the molecule is C[C@H](C1CCN(C(=O)c2cn(C3CC3)cc(C(=O)NCC3CCCCC3)c2=O)CC1)N1CCCC1. The number of hydrogen-bond donors (Lipinski definition) is 1. The standard InChI is InChI=1S/C28H42N4O3/c1-20(30-13-5-6-14-30)22-11-15-31(16-12-22)28(35)25-19-32(23-9-10-23)18-24(26(25)33)27(34)29-17-21-7-3-2-4-8-21/h18-23H,2-17H2,1H3,(H,29,34)/t20-/m1/s1. The van der Waals surface area contributed by atoms with Gasteiger partial charge in [0, 0.05) is 44.1 Å². The van der Waals surface area contributed by atoms with Crippen LogP contribution in [0, 0.1) is 11.8 Å². The van der Waals surface area contributed by atoms with Crippen LogP contribution in [0.15, 0.2) is 17.2 Å². The third-order valence-electron chi connectivity index (χ3n) is 8.99. The monoisotopic (exact) mass is 482 g/mol. The maximum Gasteiger partial charge on any atom is 0.259 e. The molecule has 1 N–H and O–H groups in total. The Bertz CT molecular complexity index is 965. The summed E-state index contributed by atoms with van der Waals surface area (Å²) in [6, 6.07) is 0.845. The van der Waals surface area contributed by atoms with Gasteiger partial charge in [0.15, 0.2) is 0 Å². The predicted molar refractivity (Wildman–Crippen MR) is 137 cm³/mol. The Labute approximate surface area is 209 Å². The van der Waals surface area contributed by atoms with E-state index in [1.54, 1.807) is 12.4 Å². The van der Waals surface area contributed by atoms with Gasteiger partial charge < -0.3 is 19.7 Å². The summed E-state index contributed by atoms with van der Waals surface area (Å²) < 4.78 is 1.94. The summed E-state index contributed by atoms with van der Waals surface area (Å²) in [6.07, 6.45) is 15.9. The highest BCUT2D eigenvalue weighted by Crippen LogP contribution is 2.35. The van der Waals surface area contributed by atoms with E-state index in [0.29, 0.717) is 43.6 Å². The number of pyridine rings is 1. The van der Waals surface area contributed by atoms with Crippen LogP contribution in [0.1, 0.15) is 104 Å². The Morgan fingerprint density at radius 1 is 0.886 bits per heavy atom. The van der Waals surface area contributed by atoms with Gasteiger partial charge in [0.25, 0.3) is 11.8 Å². The largest absolute Gasteiger partial charge is 0.352 e. The normalized spacial score (nSPS) is 23.4. The number of likely N-dealkylation sites (tertiary alicyclic amines) is 2. The average molecular weight is 483 g/mol. The molecule has 4 fully saturated rings. The van der Waals surface area contributed by atoms with E-state index in [0.717, 1.165) is 38.5 Å². The van der Waals surface area contributed by atoms with E-state index in [4.69, 9.17) is 0 Å². The number of carbonyl (C=O) groups is 2. The highest BCUT2D eigenvalue weighted by molar-refractivity contribution is 5.99. The molecular formula is C28H42N4O3. The molecule has 35 heavy (non-hydrogen) atoms. The lowest BCUT2D eigenvalue weighted by Gasteiger charge is -2.38. The smallest absolute Gasteiger partial charge is 0.259 e. The predicted octanol–water partition coefficient (Wildman–Crippen LogP) is 3.83. The first-order valence-electron chi connectivity index (χ1n) is 14.1. The minimum absolute atomic E-state index is 0.121. The van der Waals surface area contributed by atoms with Crippen LogP contribution in [-0.2, 0) is 0 Å². The first-order chi connectivity index (χ1) is 17.0. The quantitative estimate of drug-likeness (QED) is 0.641. The summed E-state index contributed by atoms with van der Waals surface area (Å²) >= 11 is 0. The van der Waals surface area contributed by atoms with Gasteiger partial charge in [0.05, 0.1) is 0 Å². The molecule has 0 bridgehead atoms. The van der Waals surface area contributed by atoms with Crippen molar-refractivity contribution >= 4 is 11.8 Å². The molecule has 0 aromatic carbocycles. The molecule has 7 heteroatoms. The van der Waals surface area contributed by atoms with Gasteiger partial charge >= 0.3 is 0 Å². The van der Waals surface area contributed by atoms with Crippen molar-refractivity contribution in [1.29, 1.82) is 0 Å². The van der Waals surface area contributed by atoms with Crippen molar-refractivity contribution in [2.45, 2.75) is 89.6 Å². The number of amides is 2. The van der Waals surface area contributed by atoms with Crippen LogP contribution in [-0.4, -0.2) is 64.9 Å². The zero-order valence-electron chi connectivity index (χ0n) is 21.3. The lowest BCUT2D eigenvalue weighted by Crippen LogP contribution is -2.46. The highest BCUT2D eigenvalue weighted by Gasteiger charge is 2.33. The summed E-state index contributed by atoms with van der Waals surface area (Å²) in [5, 5.41) is 3.00. The van der Waals surface area contributed by atoms with E-state index in [1.165, 1.54) is 45.2 Å². The molecule has 1 aromatic rings. The average Bonchev–Trinajstić information content (AvgIpc) is 3.60. The maximum absolute atomic E-state index is 13.5. The van der Waals surface area contributed by atoms with Crippen LogP contribution in [0.3, 0.4) is 0 Å². The van der Waals surface area contributed by atoms with Crippen LogP contribution in [0.25, 0.3) is 0 Å². The van der Waals surface area contributed by atoms with Crippen molar-refractivity contribution < 1.29 is 9.59 Å². The molecule has 0 spiro atoms. The van der Waals surface area contributed by atoms with Crippen molar-refractivity contribution in [3.05, 3.63) is 33.7 Å². The third-order valence-corrected chi connectivity index (χ3v) is 8.99.